The third-order valence-electron chi connectivity index (χ3n) is 3.93. The molecule has 1 fully saturated rings. The molecule has 0 bridgehead atoms. The number of aromatic nitrogens is 2. The van der Waals surface area contributed by atoms with E-state index in [-0.39, 0.29) is 17.9 Å². The van der Waals surface area contributed by atoms with Gasteiger partial charge in [0.2, 0.25) is 0 Å². The summed E-state index contributed by atoms with van der Waals surface area (Å²) in [5.74, 6) is -0.223. The van der Waals surface area contributed by atoms with Gasteiger partial charge in [-0.25, -0.2) is 0 Å². The van der Waals surface area contributed by atoms with E-state index in [0.717, 1.165) is 23.3 Å². The summed E-state index contributed by atoms with van der Waals surface area (Å²) in [5.41, 5.74) is 2.37. The van der Waals surface area contributed by atoms with Crippen LogP contribution in [0.15, 0.2) is 24.3 Å². The van der Waals surface area contributed by atoms with Crippen LogP contribution in [0.2, 0.25) is 0 Å². The molecule has 110 valence electrons. The van der Waals surface area contributed by atoms with E-state index in [2.05, 4.69) is 14.9 Å². The number of carbonyl (C=O) groups excluding carboxylic acids is 1. The van der Waals surface area contributed by atoms with Crippen molar-refractivity contribution < 1.29 is 9.90 Å². The van der Waals surface area contributed by atoms with E-state index in [1.165, 1.54) is 17.1 Å². The Morgan fingerprint density at radius 2 is 2.10 bits per heavy atom. The van der Waals surface area contributed by atoms with Crippen LogP contribution >= 0.6 is 11.5 Å². The topological polar surface area (TPSA) is 75.1 Å². The number of rotatable bonds is 5. The number of aryl methyl sites for hydroxylation is 1. The van der Waals surface area contributed by atoms with Gasteiger partial charge in [-0.3, -0.25) is 4.79 Å². The number of amides is 1. The second-order valence-electron chi connectivity index (χ2n) is 5.66. The Hall–Kier alpha value is -1.79. The van der Waals surface area contributed by atoms with Gasteiger partial charge >= 0.3 is 0 Å². The highest BCUT2D eigenvalue weighted by Crippen LogP contribution is 2.44. The first kappa shape index (κ1) is 14.2. The molecule has 0 spiro atoms. The third-order valence-corrected chi connectivity index (χ3v) is 4.71. The minimum Gasteiger partial charge on any atom is -0.396 e. The van der Waals surface area contributed by atoms with E-state index in [4.69, 9.17) is 0 Å². The molecule has 0 radical (unpaired) electrons. The number of nitrogens with one attached hydrogen (secondary N) is 1. The fourth-order valence-electron chi connectivity index (χ4n) is 2.15. The Morgan fingerprint density at radius 3 is 2.71 bits per heavy atom. The molecule has 6 heteroatoms. The third kappa shape index (κ3) is 2.96. The highest BCUT2D eigenvalue weighted by atomic mass is 32.1. The number of hydrogen-bond acceptors (Lipinski definition) is 5. The fourth-order valence-corrected chi connectivity index (χ4v) is 2.82. The maximum Gasteiger partial charge on any atom is 0.273 e. The lowest BCUT2D eigenvalue weighted by Gasteiger charge is -2.12. The van der Waals surface area contributed by atoms with Crippen molar-refractivity contribution in [1.82, 2.24) is 14.9 Å². The van der Waals surface area contributed by atoms with Gasteiger partial charge in [-0.15, -0.1) is 5.10 Å². The van der Waals surface area contributed by atoms with E-state index in [9.17, 15) is 9.90 Å². The normalized spacial score (nSPS) is 15.7. The molecule has 1 aromatic carbocycles. The largest absolute Gasteiger partial charge is 0.396 e. The molecule has 1 aliphatic rings. The minimum absolute atomic E-state index is 0.108. The zero-order chi connectivity index (χ0) is 14.9. The summed E-state index contributed by atoms with van der Waals surface area (Å²) in [6, 6.07) is 7.94. The molecule has 2 aromatic rings. The van der Waals surface area contributed by atoms with Crippen LogP contribution in [-0.2, 0) is 0 Å². The first-order chi connectivity index (χ1) is 10.1. The fraction of sp³-hybridized carbons (Fsp3) is 0.400. The van der Waals surface area contributed by atoms with Gasteiger partial charge in [-0.2, -0.15) is 0 Å². The monoisotopic (exact) mass is 303 g/mol. The molecule has 0 unspecified atom stereocenters. The molecule has 1 aliphatic carbocycles. The quantitative estimate of drug-likeness (QED) is 0.886. The van der Waals surface area contributed by atoms with Crippen molar-refractivity contribution in [2.45, 2.75) is 19.8 Å². The van der Waals surface area contributed by atoms with E-state index < -0.39 is 0 Å². The lowest BCUT2D eigenvalue weighted by atomic mass is 10.1. The van der Waals surface area contributed by atoms with Crippen molar-refractivity contribution in [1.29, 1.82) is 0 Å². The highest BCUT2D eigenvalue weighted by molar-refractivity contribution is 7.09. The Bertz CT molecular complexity index is 647. The maximum atomic E-state index is 12.3. The molecule has 5 nitrogen and oxygen atoms in total. The predicted octanol–water partition coefficient (Wildman–Crippen LogP) is 2.02. The number of benzene rings is 1. The molecule has 1 saturated carbocycles. The molecule has 0 aliphatic heterocycles. The van der Waals surface area contributed by atoms with Crippen molar-refractivity contribution in [2.75, 3.05) is 13.2 Å². The van der Waals surface area contributed by atoms with Gasteiger partial charge in [-0.05, 0) is 36.9 Å². The molecular formula is C15H17N3O2S. The first-order valence-corrected chi connectivity index (χ1v) is 7.69. The van der Waals surface area contributed by atoms with E-state index in [1.807, 2.05) is 31.2 Å². The molecule has 0 saturated heterocycles. The Labute approximate surface area is 127 Å². The molecule has 3 rings (SSSR count). The second kappa shape index (κ2) is 5.54. The molecule has 1 amide bonds. The van der Waals surface area contributed by atoms with Crippen LogP contribution in [0.3, 0.4) is 0 Å². The average Bonchev–Trinajstić information content (AvgIpc) is 3.12. The van der Waals surface area contributed by atoms with Crippen LogP contribution in [-0.4, -0.2) is 33.8 Å². The number of carbonyl (C=O) groups is 1. The second-order valence-corrected chi connectivity index (χ2v) is 6.41. The number of aliphatic hydroxyl groups is 1. The van der Waals surface area contributed by atoms with Crippen LogP contribution in [0.25, 0.3) is 10.4 Å². The summed E-state index contributed by atoms with van der Waals surface area (Å²) in [7, 11) is 0. The lowest BCUT2D eigenvalue weighted by Crippen LogP contribution is -2.32. The van der Waals surface area contributed by atoms with Crippen molar-refractivity contribution in [3.63, 3.8) is 0 Å². The van der Waals surface area contributed by atoms with Gasteiger partial charge in [-0.1, -0.05) is 34.3 Å². The van der Waals surface area contributed by atoms with Crippen LogP contribution in [0.1, 0.15) is 28.9 Å². The molecule has 1 heterocycles. The summed E-state index contributed by atoms with van der Waals surface area (Å²) in [6.45, 7) is 2.63. The van der Waals surface area contributed by atoms with Gasteiger partial charge in [0.05, 0.1) is 11.5 Å². The van der Waals surface area contributed by atoms with Gasteiger partial charge in [0.15, 0.2) is 5.69 Å². The van der Waals surface area contributed by atoms with Gasteiger partial charge < -0.3 is 10.4 Å². The Kier molecular flexibility index (Phi) is 3.73. The van der Waals surface area contributed by atoms with Crippen molar-refractivity contribution in [3.8, 4) is 10.4 Å². The zero-order valence-electron chi connectivity index (χ0n) is 11.8. The summed E-state index contributed by atoms with van der Waals surface area (Å²) in [5, 5.41) is 16.1. The predicted molar refractivity (Wildman–Crippen MR) is 81.2 cm³/mol. The summed E-state index contributed by atoms with van der Waals surface area (Å²) < 4.78 is 3.90. The van der Waals surface area contributed by atoms with Gasteiger partial charge in [0.1, 0.15) is 0 Å². The molecule has 2 N–H and O–H groups in total. The van der Waals surface area contributed by atoms with Crippen LogP contribution < -0.4 is 5.32 Å². The molecule has 1 aromatic heterocycles. The number of aliphatic hydroxyl groups excluding tert-OH is 1. The molecule has 21 heavy (non-hydrogen) atoms. The SMILES string of the molecule is Cc1ccc(-c2snnc2C(=O)NCC2(CO)CC2)cc1. The smallest absolute Gasteiger partial charge is 0.273 e. The molecule has 0 atom stereocenters. The van der Waals surface area contributed by atoms with Crippen molar-refractivity contribution in [2.24, 2.45) is 5.41 Å². The Balaban J connectivity index is 1.75. The lowest BCUT2D eigenvalue weighted by molar-refractivity contribution is 0.0931. The summed E-state index contributed by atoms with van der Waals surface area (Å²) in [6.07, 6.45) is 1.92. The maximum absolute atomic E-state index is 12.3. The van der Waals surface area contributed by atoms with Crippen molar-refractivity contribution >= 4 is 17.4 Å². The highest BCUT2D eigenvalue weighted by Gasteiger charge is 2.42. The first-order valence-electron chi connectivity index (χ1n) is 6.92. The van der Waals surface area contributed by atoms with Crippen LogP contribution in [0.4, 0.5) is 0 Å². The van der Waals surface area contributed by atoms with Crippen LogP contribution in [0.5, 0.6) is 0 Å². The van der Waals surface area contributed by atoms with E-state index in [0.29, 0.717) is 12.2 Å². The minimum atomic E-state index is -0.223. The standard InChI is InChI=1S/C15H17N3O2S/c1-10-2-4-11(5-3-10)13-12(17-18-21-13)14(20)16-8-15(9-19)6-7-15/h2-5,19H,6-9H2,1H3,(H,16,20). The summed E-state index contributed by atoms with van der Waals surface area (Å²) in [4.78, 5) is 13.0. The Morgan fingerprint density at radius 1 is 1.38 bits per heavy atom. The zero-order valence-corrected chi connectivity index (χ0v) is 12.6. The van der Waals surface area contributed by atoms with E-state index >= 15 is 0 Å². The summed E-state index contributed by atoms with van der Waals surface area (Å²) >= 11 is 1.22. The number of hydrogen-bond donors (Lipinski definition) is 2. The van der Waals surface area contributed by atoms with Crippen LogP contribution in [0, 0.1) is 12.3 Å². The van der Waals surface area contributed by atoms with E-state index in [1.54, 1.807) is 0 Å². The average molecular weight is 303 g/mol. The van der Waals surface area contributed by atoms with Gasteiger partial charge in [0.25, 0.3) is 5.91 Å². The number of nitrogens with zero attached hydrogens (tertiary/aromatic N) is 2. The molecular weight excluding hydrogens is 286 g/mol. The van der Waals surface area contributed by atoms with Crippen molar-refractivity contribution in [3.05, 3.63) is 35.5 Å². The van der Waals surface area contributed by atoms with Gasteiger partial charge in [0, 0.05) is 12.0 Å².